The van der Waals surface area contributed by atoms with Gasteiger partial charge in [-0.15, -0.1) is 6.58 Å². The van der Waals surface area contributed by atoms with Crippen molar-refractivity contribution in [1.82, 2.24) is 5.48 Å². The van der Waals surface area contributed by atoms with Gasteiger partial charge < -0.3 is 0 Å². The van der Waals surface area contributed by atoms with E-state index in [9.17, 15) is 0 Å². The average molecular weight is 157 g/mol. The molecule has 0 amide bonds. The molecule has 0 aromatic rings. The zero-order valence-electron chi connectivity index (χ0n) is 7.44. The Hall–Kier alpha value is -0.340. The van der Waals surface area contributed by atoms with E-state index in [-0.39, 0.29) is 0 Å². The molecule has 0 aliphatic rings. The van der Waals surface area contributed by atoms with Gasteiger partial charge >= 0.3 is 0 Å². The summed E-state index contributed by atoms with van der Waals surface area (Å²) in [5.74, 6) is 0. The molecule has 1 N–H and O–H groups in total. The molecule has 2 heteroatoms. The molecule has 0 atom stereocenters. The van der Waals surface area contributed by atoms with Crippen molar-refractivity contribution in [1.29, 1.82) is 0 Å². The minimum Gasteiger partial charge on any atom is -0.298 e. The van der Waals surface area contributed by atoms with E-state index in [0.717, 1.165) is 6.54 Å². The Balaban J connectivity index is 2.74. The Morgan fingerprint density at radius 3 is 2.82 bits per heavy atom. The predicted octanol–water partition coefficient (Wildman–Crippen LogP) is 2.27. The molecule has 0 fully saturated rings. The first-order valence-electron chi connectivity index (χ1n) is 4.37. The third kappa shape index (κ3) is 9.66. The van der Waals surface area contributed by atoms with Crippen LogP contribution in [0, 0.1) is 0 Å². The van der Waals surface area contributed by atoms with Crippen LogP contribution in [0.3, 0.4) is 0 Å². The Morgan fingerprint density at radius 2 is 2.18 bits per heavy atom. The maximum atomic E-state index is 4.99. The lowest BCUT2D eigenvalue weighted by Crippen LogP contribution is -2.15. The molecular formula is C9H19NO. The number of rotatable bonds is 8. The highest BCUT2D eigenvalue weighted by Crippen LogP contribution is 1.96. The van der Waals surface area contributed by atoms with Crippen molar-refractivity contribution in [2.24, 2.45) is 0 Å². The molecule has 2 nitrogen and oxygen atoms in total. The molecule has 0 unspecified atom stereocenters. The molecule has 0 saturated heterocycles. The highest BCUT2D eigenvalue weighted by Gasteiger charge is 1.86. The largest absolute Gasteiger partial charge is 0.298 e. The van der Waals surface area contributed by atoms with Crippen molar-refractivity contribution < 1.29 is 4.84 Å². The summed E-state index contributed by atoms with van der Waals surface area (Å²) >= 11 is 0. The van der Waals surface area contributed by atoms with Crippen molar-refractivity contribution in [3.8, 4) is 0 Å². The molecule has 0 rings (SSSR count). The van der Waals surface area contributed by atoms with E-state index in [1.807, 2.05) is 0 Å². The molecule has 0 spiro atoms. The molecular weight excluding hydrogens is 138 g/mol. The molecule has 0 aliphatic carbocycles. The molecule has 0 bridgehead atoms. The van der Waals surface area contributed by atoms with Gasteiger partial charge in [-0.2, -0.15) is 0 Å². The van der Waals surface area contributed by atoms with Gasteiger partial charge in [0.15, 0.2) is 0 Å². The molecule has 0 aliphatic heterocycles. The summed E-state index contributed by atoms with van der Waals surface area (Å²) in [6.07, 6.45) is 6.83. The number of hydrogen-bond donors (Lipinski definition) is 1. The van der Waals surface area contributed by atoms with Crippen LogP contribution in [0.15, 0.2) is 12.7 Å². The third-order valence-electron chi connectivity index (χ3n) is 1.44. The summed E-state index contributed by atoms with van der Waals surface area (Å²) in [7, 11) is 0. The minimum absolute atomic E-state index is 0.591. The van der Waals surface area contributed by atoms with Crippen LogP contribution >= 0.6 is 0 Å². The van der Waals surface area contributed by atoms with Crippen molar-refractivity contribution >= 4 is 0 Å². The van der Waals surface area contributed by atoms with E-state index in [2.05, 4.69) is 19.0 Å². The summed E-state index contributed by atoms with van der Waals surface area (Å²) in [4.78, 5) is 4.99. The fourth-order valence-electron chi connectivity index (χ4n) is 0.814. The average Bonchev–Trinajstić information content (AvgIpc) is 2.03. The first-order chi connectivity index (χ1) is 5.41. The van der Waals surface area contributed by atoms with Crippen molar-refractivity contribution in [2.45, 2.75) is 32.6 Å². The van der Waals surface area contributed by atoms with Gasteiger partial charge in [-0.3, -0.25) is 4.84 Å². The summed E-state index contributed by atoms with van der Waals surface area (Å²) in [6.45, 7) is 7.30. The van der Waals surface area contributed by atoms with Crippen LogP contribution in [-0.4, -0.2) is 13.2 Å². The van der Waals surface area contributed by atoms with E-state index in [4.69, 9.17) is 4.84 Å². The normalized spacial score (nSPS) is 9.91. The van der Waals surface area contributed by atoms with E-state index >= 15 is 0 Å². The fraction of sp³-hybridized carbons (Fsp3) is 0.778. The van der Waals surface area contributed by atoms with Crippen LogP contribution in [0.1, 0.15) is 32.6 Å². The van der Waals surface area contributed by atoms with Gasteiger partial charge in [0.25, 0.3) is 0 Å². The second-order valence-electron chi connectivity index (χ2n) is 2.55. The first-order valence-corrected chi connectivity index (χ1v) is 4.37. The molecule has 0 aromatic heterocycles. The number of hydrogen-bond acceptors (Lipinski definition) is 2. The van der Waals surface area contributed by atoms with E-state index in [1.165, 1.54) is 25.7 Å². The topological polar surface area (TPSA) is 21.3 Å². The van der Waals surface area contributed by atoms with Gasteiger partial charge in [0.05, 0.1) is 6.61 Å². The second kappa shape index (κ2) is 9.66. The van der Waals surface area contributed by atoms with E-state index < -0.39 is 0 Å². The van der Waals surface area contributed by atoms with E-state index in [1.54, 1.807) is 6.08 Å². The molecule has 0 radical (unpaired) electrons. The predicted molar refractivity (Wildman–Crippen MR) is 48.3 cm³/mol. The lowest BCUT2D eigenvalue weighted by Gasteiger charge is -2.02. The highest BCUT2D eigenvalue weighted by molar-refractivity contribution is 4.62. The SMILES string of the molecule is C=CCONCCCCCC. The lowest BCUT2D eigenvalue weighted by molar-refractivity contribution is 0.0616. The van der Waals surface area contributed by atoms with Crippen LogP contribution in [-0.2, 0) is 4.84 Å². The summed E-state index contributed by atoms with van der Waals surface area (Å²) in [5.41, 5.74) is 2.87. The highest BCUT2D eigenvalue weighted by atomic mass is 16.6. The molecule has 0 heterocycles. The Bertz CT molecular complexity index is 83.6. The van der Waals surface area contributed by atoms with Crippen LogP contribution in [0.2, 0.25) is 0 Å². The van der Waals surface area contributed by atoms with Gasteiger partial charge in [-0.05, 0) is 6.42 Å². The number of nitrogens with one attached hydrogen (secondary N) is 1. The molecule has 11 heavy (non-hydrogen) atoms. The van der Waals surface area contributed by atoms with Crippen molar-refractivity contribution in [3.63, 3.8) is 0 Å². The minimum atomic E-state index is 0.591. The van der Waals surface area contributed by atoms with Crippen LogP contribution in [0.4, 0.5) is 0 Å². The van der Waals surface area contributed by atoms with Crippen LogP contribution in [0.25, 0.3) is 0 Å². The summed E-state index contributed by atoms with van der Waals surface area (Å²) in [5, 5.41) is 0. The maximum Gasteiger partial charge on any atom is 0.0861 e. The third-order valence-corrected chi connectivity index (χ3v) is 1.44. The number of unbranched alkanes of at least 4 members (excludes halogenated alkanes) is 3. The quantitative estimate of drug-likeness (QED) is 0.331. The van der Waals surface area contributed by atoms with Gasteiger partial charge in [0.2, 0.25) is 0 Å². The van der Waals surface area contributed by atoms with Gasteiger partial charge in [-0.25, -0.2) is 5.48 Å². The smallest absolute Gasteiger partial charge is 0.0861 e. The molecule has 66 valence electrons. The fourth-order valence-corrected chi connectivity index (χ4v) is 0.814. The lowest BCUT2D eigenvalue weighted by atomic mass is 10.2. The van der Waals surface area contributed by atoms with Crippen LogP contribution < -0.4 is 5.48 Å². The Morgan fingerprint density at radius 1 is 1.36 bits per heavy atom. The second-order valence-corrected chi connectivity index (χ2v) is 2.55. The Labute approximate surface area is 69.6 Å². The summed E-state index contributed by atoms with van der Waals surface area (Å²) < 4.78 is 0. The number of hydroxylamine groups is 1. The zero-order valence-corrected chi connectivity index (χ0v) is 7.44. The van der Waals surface area contributed by atoms with Gasteiger partial charge in [-0.1, -0.05) is 32.3 Å². The van der Waals surface area contributed by atoms with E-state index in [0.29, 0.717) is 6.61 Å². The van der Waals surface area contributed by atoms with Crippen LogP contribution in [0.5, 0.6) is 0 Å². The van der Waals surface area contributed by atoms with Crippen molar-refractivity contribution in [3.05, 3.63) is 12.7 Å². The van der Waals surface area contributed by atoms with Crippen molar-refractivity contribution in [2.75, 3.05) is 13.2 Å². The van der Waals surface area contributed by atoms with Gasteiger partial charge in [0, 0.05) is 6.54 Å². The maximum absolute atomic E-state index is 4.99. The first kappa shape index (κ1) is 10.7. The molecule has 0 saturated carbocycles. The monoisotopic (exact) mass is 157 g/mol. The Kier molecular flexibility index (Phi) is 9.36. The standard InChI is InChI=1S/C9H19NO/c1-3-5-6-7-8-10-11-9-4-2/h4,10H,2-3,5-9H2,1H3. The zero-order chi connectivity index (χ0) is 8.36. The summed E-state index contributed by atoms with van der Waals surface area (Å²) in [6, 6.07) is 0. The molecule has 0 aromatic carbocycles. The van der Waals surface area contributed by atoms with Gasteiger partial charge in [0.1, 0.15) is 0 Å².